The largest absolute Gasteiger partial charge is 0.399 e. The maximum atomic E-state index is 5.63. The molecule has 0 amide bonds. The van der Waals surface area contributed by atoms with E-state index >= 15 is 0 Å². The minimum atomic E-state index is -0.0396. The second-order valence-electron chi connectivity index (χ2n) is 2.94. The number of nitrogen functional groups attached to an aromatic ring is 1. The van der Waals surface area contributed by atoms with Crippen LogP contribution in [0.2, 0.25) is 0 Å². The van der Waals surface area contributed by atoms with Gasteiger partial charge in [0.2, 0.25) is 0 Å². The first kappa shape index (κ1) is 12.5. The highest BCUT2D eigenvalue weighted by molar-refractivity contribution is 8.93. The van der Waals surface area contributed by atoms with Crippen molar-refractivity contribution in [3.8, 4) is 0 Å². The van der Waals surface area contributed by atoms with Crippen LogP contribution in [0.1, 0.15) is 0 Å². The Morgan fingerprint density at radius 3 is 1.87 bits per heavy atom. The third kappa shape index (κ3) is 3.83. The van der Waals surface area contributed by atoms with Gasteiger partial charge in [-0.25, -0.2) is 0 Å². The summed E-state index contributed by atoms with van der Waals surface area (Å²) < 4.78 is 2.85. The van der Waals surface area contributed by atoms with Crippen LogP contribution in [-0.4, -0.2) is 0 Å². The zero-order valence-corrected chi connectivity index (χ0v) is 11.9. The second kappa shape index (κ2) is 6.12. The van der Waals surface area contributed by atoms with Gasteiger partial charge in [0.15, 0.2) is 7.14 Å². The van der Waals surface area contributed by atoms with Crippen LogP contribution in [0.25, 0.3) is 0 Å². The molecule has 2 rings (SSSR count). The maximum absolute atomic E-state index is 5.63. The summed E-state index contributed by atoms with van der Waals surface area (Å²) in [7, 11) is 0. The lowest BCUT2D eigenvalue weighted by molar-refractivity contribution is -0.597. The smallest absolute Gasteiger partial charge is 0.357 e. The Hall–Kier alpha value is -0.550. The number of benzene rings is 2. The van der Waals surface area contributed by atoms with Crippen LogP contribution in [0.5, 0.6) is 0 Å². The number of anilines is 1. The molecule has 0 spiro atoms. The van der Waals surface area contributed by atoms with Gasteiger partial charge >= 0.3 is 21.2 Å². The predicted molar refractivity (Wildman–Crippen MR) is 65.0 cm³/mol. The van der Waals surface area contributed by atoms with Crippen molar-refractivity contribution in [3.63, 3.8) is 0 Å². The highest BCUT2D eigenvalue weighted by atomic mass is 127. The fourth-order valence-electron chi connectivity index (χ4n) is 1.13. The van der Waals surface area contributed by atoms with Crippen LogP contribution in [0, 0.1) is 7.14 Å². The van der Waals surface area contributed by atoms with Gasteiger partial charge in [-0.3, -0.25) is 0 Å². The highest BCUT2D eigenvalue weighted by Gasteiger charge is 2.13. The molecule has 78 valence electrons. The molecule has 0 saturated heterocycles. The Kier molecular flexibility index (Phi) is 5.11. The zero-order chi connectivity index (χ0) is 9.80. The number of nitrogens with two attached hydrogens (primary N) is 1. The quantitative estimate of drug-likeness (QED) is 0.578. The Morgan fingerprint density at radius 1 is 0.733 bits per heavy atom. The summed E-state index contributed by atoms with van der Waals surface area (Å²) >= 11 is -0.0396. The molecule has 0 radical (unpaired) electrons. The van der Waals surface area contributed by atoms with E-state index in [-0.39, 0.29) is 38.2 Å². The van der Waals surface area contributed by atoms with Crippen molar-refractivity contribution in [2.24, 2.45) is 0 Å². The molecule has 0 unspecified atom stereocenters. The first-order chi connectivity index (χ1) is 6.84. The Balaban J connectivity index is 0.00000112. The summed E-state index contributed by atoms with van der Waals surface area (Å²) in [5.74, 6) is 0. The number of halogens is 2. The fraction of sp³-hybridized carbons (Fsp3) is 0. The lowest BCUT2D eigenvalue weighted by atomic mass is 10.3. The van der Waals surface area contributed by atoms with Gasteiger partial charge in [-0.1, -0.05) is 18.2 Å². The van der Waals surface area contributed by atoms with E-state index in [4.69, 9.17) is 5.73 Å². The van der Waals surface area contributed by atoms with Crippen LogP contribution in [-0.2, 0) is 0 Å². The third-order valence-corrected chi connectivity index (χ3v) is 4.51. The number of hydrogen-bond donors (Lipinski definition) is 1. The van der Waals surface area contributed by atoms with E-state index in [2.05, 4.69) is 42.5 Å². The van der Waals surface area contributed by atoms with E-state index in [1.54, 1.807) is 0 Å². The normalized spacial score (nSPS) is 9.33. The predicted octanol–water partition coefficient (Wildman–Crippen LogP) is -0.0249. The van der Waals surface area contributed by atoms with Crippen molar-refractivity contribution < 1.29 is 21.2 Å². The minimum Gasteiger partial charge on any atom is -0.399 e. The molecular formula is C12H12BrIN+. The van der Waals surface area contributed by atoms with Gasteiger partial charge in [0.1, 0.15) is 0 Å². The number of rotatable bonds is 2. The Morgan fingerprint density at radius 2 is 1.27 bits per heavy atom. The van der Waals surface area contributed by atoms with Crippen LogP contribution in [0.4, 0.5) is 5.69 Å². The molecule has 2 N–H and O–H groups in total. The van der Waals surface area contributed by atoms with Gasteiger partial charge in [-0.05, 0) is 36.4 Å². The zero-order valence-electron chi connectivity index (χ0n) is 8.06. The highest BCUT2D eigenvalue weighted by Crippen LogP contribution is 1.97. The van der Waals surface area contributed by atoms with Gasteiger partial charge in [-0.2, -0.15) is 0 Å². The van der Waals surface area contributed by atoms with Crippen LogP contribution in [0.15, 0.2) is 54.6 Å². The molecule has 0 aromatic heterocycles. The van der Waals surface area contributed by atoms with Crippen molar-refractivity contribution >= 4 is 22.7 Å². The van der Waals surface area contributed by atoms with Crippen molar-refractivity contribution in [2.75, 3.05) is 5.73 Å². The van der Waals surface area contributed by atoms with Crippen LogP contribution in [0.3, 0.4) is 0 Å². The van der Waals surface area contributed by atoms with Gasteiger partial charge in [0.25, 0.3) is 0 Å². The maximum Gasteiger partial charge on any atom is 0.357 e. The van der Waals surface area contributed by atoms with E-state index in [0.29, 0.717) is 0 Å². The monoisotopic (exact) mass is 376 g/mol. The average Bonchev–Trinajstić information content (AvgIpc) is 2.23. The Labute approximate surface area is 111 Å². The van der Waals surface area contributed by atoms with Crippen molar-refractivity contribution in [1.82, 2.24) is 0 Å². The molecule has 2 aromatic rings. The molecule has 2 aromatic carbocycles. The lowest BCUT2D eigenvalue weighted by Gasteiger charge is -1.89. The van der Waals surface area contributed by atoms with E-state index in [9.17, 15) is 0 Å². The summed E-state index contributed by atoms with van der Waals surface area (Å²) in [4.78, 5) is 0. The second-order valence-corrected chi connectivity index (χ2v) is 5.97. The van der Waals surface area contributed by atoms with E-state index in [1.165, 1.54) is 7.14 Å². The molecule has 0 fully saturated rings. The molecule has 0 saturated carbocycles. The van der Waals surface area contributed by atoms with Gasteiger partial charge < -0.3 is 5.73 Å². The average molecular weight is 377 g/mol. The molecule has 0 atom stereocenters. The molecule has 0 bridgehead atoms. The fourth-order valence-corrected chi connectivity index (χ4v) is 3.34. The first-order valence-electron chi connectivity index (χ1n) is 4.40. The summed E-state index contributed by atoms with van der Waals surface area (Å²) in [5, 5.41) is 0. The molecule has 1 nitrogen and oxygen atoms in total. The summed E-state index contributed by atoms with van der Waals surface area (Å²) in [6.07, 6.45) is 0. The van der Waals surface area contributed by atoms with E-state index < -0.39 is 0 Å². The van der Waals surface area contributed by atoms with Gasteiger partial charge in [-0.15, -0.1) is 17.0 Å². The van der Waals surface area contributed by atoms with Crippen molar-refractivity contribution in [1.29, 1.82) is 0 Å². The van der Waals surface area contributed by atoms with Crippen molar-refractivity contribution in [3.05, 3.63) is 61.7 Å². The molecule has 0 aliphatic carbocycles. The molecule has 15 heavy (non-hydrogen) atoms. The summed E-state index contributed by atoms with van der Waals surface area (Å²) in [6.45, 7) is 0. The standard InChI is InChI=1S/C12H11IN.BrH/c14-12-8-6-11(7-9-12)13-10-4-2-1-3-5-10;/h1-9H,14H2;1H/q+1;. The number of hydrogen-bond acceptors (Lipinski definition) is 1. The molecule has 0 aliphatic rings. The van der Waals surface area contributed by atoms with Gasteiger partial charge in [0.05, 0.1) is 0 Å². The van der Waals surface area contributed by atoms with Gasteiger partial charge in [0, 0.05) is 5.69 Å². The molecule has 0 heterocycles. The topological polar surface area (TPSA) is 26.0 Å². The first-order valence-corrected chi connectivity index (χ1v) is 6.56. The van der Waals surface area contributed by atoms with Crippen LogP contribution >= 0.6 is 17.0 Å². The SMILES string of the molecule is Br.Nc1ccc([I+]c2ccccc2)cc1. The molecule has 0 aliphatic heterocycles. The lowest BCUT2D eigenvalue weighted by Crippen LogP contribution is -3.61. The van der Waals surface area contributed by atoms with E-state index in [1.807, 2.05) is 12.1 Å². The summed E-state index contributed by atoms with van der Waals surface area (Å²) in [6, 6.07) is 18.8. The molecule has 3 heteroatoms. The minimum absolute atomic E-state index is 0. The Bertz CT molecular complexity index is 400. The van der Waals surface area contributed by atoms with E-state index in [0.717, 1.165) is 5.69 Å². The third-order valence-electron chi connectivity index (χ3n) is 1.82. The van der Waals surface area contributed by atoms with Crippen molar-refractivity contribution in [2.45, 2.75) is 0 Å². The molecular weight excluding hydrogens is 365 g/mol. The summed E-state index contributed by atoms with van der Waals surface area (Å²) in [5.41, 5.74) is 6.47. The van der Waals surface area contributed by atoms with Crippen LogP contribution < -0.4 is 26.9 Å².